The standard InChI is InChI=1S/C15H14F3N3O2/c16-15(17,18)9-23-14(22)19-13-11-7-4-8-12(11)20-21(13)10-5-2-1-3-6-10/h1-3,5-6H,4,7-9H2,(H,19,22). The van der Waals surface area contributed by atoms with Gasteiger partial charge in [-0.1, -0.05) is 18.2 Å². The van der Waals surface area contributed by atoms with Gasteiger partial charge in [-0.25, -0.2) is 9.48 Å². The first kappa shape index (κ1) is 15.4. The largest absolute Gasteiger partial charge is 0.440 e. The van der Waals surface area contributed by atoms with Crippen molar-refractivity contribution >= 4 is 11.9 Å². The lowest BCUT2D eigenvalue weighted by molar-refractivity contribution is -0.159. The van der Waals surface area contributed by atoms with Crippen LogP contribution in [0.25, 0.3) is 5.69 Å². The quantitative estimate of drug-likeness (QED) is 0.940. The Bertz CT molecular complexity index is 711. The third-order valence-corrected chi connectivity index (χ3v) is 3.50. The molecule has 5 nitrogen and oxygen atoms in total. The van der Waals surface area contributed by atoms with Gasteiger partial charge in [0, 0.05) is 5.56 Å². The van der Waals surface area contributed by atoms with E-state index in [0.29, 0.717) is 11.5 Å². The van der Waals surface area contributed by atoms with Gasteiger partial charge in [0.25, 0.3) is 0 Å². The van der Waals surface area contributed by atoms with Crippen LogP contribution in [-0.4, -0.2) is 28.7 Å². The van der Waals surface area contributed by atoms with Gasteiger partial charge in [-0.15, -0.1) is 0 Å². The minimum Gasteiger partial charge on any atom is -0.440 e. The lowest BCUT2D eigenvalue weighted by Gasteiger charge is -2.12. The van der Waals surface area contributed by atoms with Crippen LogP contribution >= 0.6 is 0 Å². The third-order valence-electron chi connectivity index (χ3n) is 3.50. The van der Waals surface area contributed by atoms with Crippen LogP contribution in [0, 0.1) is 0 Å². The monoisotopic (exact) mass is 325 g/mol. The van der Waals surface area contributed by atoms with Gasteiger partial charge in [-0.3, -0.25) is 5.32 Å². The average Bonchev–Trinajstić information content (AvgIpc) is 3.08. The van der Waals surface area contributed by atoms with Crippen LogP contribution < -0.4 is 5.32 Å². The number of aromatic nitrogens is 2. The molecule has 0 bridgehead atoms. The molecule has 2 aromatic rings. The Hall–Kier alpha value is -2.51. The number of anilines is 1. The third kappa shape index (κ3) is 3.46. The molecule has 0 radical (unpaired) electrons. The number of fused-ring (bicyclic) bond motifs is 1. The molecule has 8 heteroatoms. The molecule has 1 aliphatic carbocycles. The van der Waals surface area contributed by atoms with E-state index in [1.807, 2.05) is 18.2 Å². The molecule has 0 saturated carbocycles. The van der Waals surface area contributed by atoms with Crippen molar-refractivity contribution in [3.63, 3.8) is 0 Å². The Kier molecular flexibility index (Phi) is 3.97. The number of nitrogens with zero attached hydrogens (tertiary/aromatic N) is 2. The molecule has 0 unspecified atom stereocenters. The van der Waals surface area contributed by atoms with Gasteiger partial charge >= 0.3 is 12.3 Å². The van der Waals surface area contributed by atoms with Crippen molar-refractivity contribution in [3.8, 4) is 5.69 Å². The number of hydrogen-bond acceptors (Lipinski definition) is 3. The number of benzene rings is 1. The number of halogens is 3. The Morgan fingerprint density at radius 2 is 2.00 bits per heavy atom. The highest BCUT2D eigenvalue weighted by Crippen LogP contribution is 2.31. The first-order valence-corrected chi connectivity index (χ1v) is 7.11. The smallest absolute Gasteiger partial charge is 0.422 e. The summed E-state index contributed by atoms with van der Waals surface area (Å²) in [5, 5.41) is 6.85. The van der Waals surface area contributed by atoms with E-state index in [0.717, 1.165) is 30.5 Å². The summed E-state index contributed by atoms with van der Waals surface area (Å²) in [6.45, 7) is -1.62. The molecule has 1 aromatic carbocycles. The number of para-hydroxylation sites is 1. The van der Waals surface area contributed by atoms with Crippen LogP contribution in [-0.2, 0) is 17.6 Å². The number of carbonyl (C=O) groups excluding carboxylic acids is 1. The van der Waals surface area contributed by atoms with Crippen LogP contribution in [0.3, 0.4) is 0 Å². The fourth-order valence-electron chi connectivity index (χ4n) is 2.56. The molecule has 0 atom stereocenters. The van der Waals surface area contributed by atoms with Gasteiger partial charge in [0.05, 0.1) is 11.4 Å². The number of hydrogen-bond donors (Lipinski definition) is 1. The summed E-state index contributed by atoms with van der Waals surface area (Å²) in [5.74, 6) is 0.371. The van der Waals surface area contributed by atoms with Gasteiger partial charge in [-0.05, 0) is 31.4 Å². The summed E-state index contributed by atoms with van der Waals surface area (Å²) in [6, 6.07) is 9.07. The zero-order valence-electron chi connectivity index (χ0n) is 12.1. The molecular formula is C15H14F3N3O2. The van der Waals surface area contributed by atoms with Crippen molar-refractivity contribution in [1.29, 1.82) is 0 Å². The van der Waals surface area contributed by atoms with Crippen molar-refractivity contribution in [2.75, 3.05) is 11.9 Å². The minimum absolute atomic E-state index is 0.371. The van der Waals surface area contributed by atoms with E-state index in [2.05, 4.69) is 15.2 Å². The Morgan fingerprint density at radius 1 is 1.26 bits per heavy atom. The molecule has 122 valence electrons. The maximum Gasteiger partial charge on any atom is 0.422 e. The van der Waals surface area contributed by atoms with Crippen molar-refractivity contribution in [3.05, 3.63) is 41.6 Å². The maximum absolute atomic E-state index is 12.1. The normalized spacial score (nSPS) is 13.7. The van der Waals surface area contributed by atoms with Gasteiger partial charge < -0.3 is 4.74 Å². The molecule has 1 aliphatic rings. The molecule has 1 aromatic heterocycles. The number of amides is 1. The van der Waals surface area contributed by atoms with Crippen molar-refractivity contribution < 1.29 is 22.7 Å². The summed E-state index contributed by atoms with van der Waals surface area (Å²) in [5.41, 5.74) is 2.41. The van der Waals surface area contributed by atoms with Crippen LogP contribution in [0.5, 0.6) is 0 Å². The number of carbonyl (C=O) groups is 1. The number of alkyl halides is 3. The average molecular weight is 325 g/mol. The summed E-state index contributed by atoms with van der Waals surface area (Å²) in [4.78, 5) is 11.7. The number of rotatable bonds is 3. The fourth-order valence-corrected chi connectivity index (χ4v) is 2.56. The predicted molar refractivity (Wildman–Crippen MR) is 76.6 cm³/mol. The zero-order valence-corrected chi connectivity index (χ0v) is 12.1. The predicted octanol–water partition coefficient (Wildman–Crippen LogP) is 3.47. The second kappa shape index (κ2) is 5.94. The number of ether oxygens (including phenoxy) is 1. The highest BCUT2D eigenvalue weighted by molar-refractivity contribution is 5.85. The van der Waals surface area contributed by atoms with E-state index in [1.165, 1.54) is 4.68 Å². The van der Waals surface area contributed by atoms with E-state index in [-0.39, 0.29) is 0 Å². The topological polar surface area (TPSA) is 56.2 Å². The minimum atomic E-state index is -4.56. The van der Waals surface area contributed by atoms with Crippen molar-refractivity contribution in [2.45, 2.75) is 25.4 Å². The SMILES string of the molecule is O=C(Nc1c2c(nn1-c1ccccc1)CCC2)OCC(F)(F)F. The molecule has 0 aliphatic heterocycles. The molecule has 1 heterocycles. The number of aryl methyl sites for hydroxylation is 1. The molecule has 1 N–H and O–H groups in total. The summed E-state index contributed by atoms with van der Waals surface area (Å²) in [7, 11) is 0. The van der Waals surface area contributed by atoms with Crippen LogP contribution in [0.1, 0.15) is 17.7 Å². The van der Waals surface area contributed by atoms with Gasteiger partial charge in [-0.2, -0.15) is 18.3 Å². The summed E-state index contributed by atoms with van der Waals surface area (Å²) < 4.78 is 42.1. The lowest BCUT2D eigenvalue weighted by atomic mass is 10.2. The van der Waals surface area contributed by atoms with E-state index in [9.17, 15) is 18.0 Å². The van der Waals surface area contributed by atoms with E-state index in [1.54, 1.807) is 12.1 Å². The highest BCUT2D eigenvalue weighted by atomic mass is 19.4. The fraction of sp³-hybridized carbons (Fsp3) is 0.333. The summed E-state index contributed by atoms with van der Waals surface area (Å²) in [6.07, 6.45) is -3.30. The van der Waals surface area contributed by atoms with E-state index < -0.39 is 18.9 Å². The Labute approximate surface area is 130 Å². The first-order chi connectivity index (χ1) is 10.9. The molecule has 3 rings (SSSR count). The highest BCUT2D eigenvalue weighted by Gasteiger charge is 2.30. The van der Waals surface area contributed by atoms with Crippen molar-refractivity contribution in [2.24, 2.45) is 0 Å². The summed E-state index contributed by atoms with van der Waals surface area (Å²) >= 11 is 0. The second-order valence-electron chi connectivity index (χ2n) is 5.19. The molecule has 23 heavy (non-hydrogen) atoms. The van der Waals surface area contributed by atoms with Crippen molar-refractivity contribution in [1.82, 2.24) is 9.78 Å². The molecule has 0 saturated heterocycles. The lowest BCUT2D eigenvalue weighted by Crippen LogP contribution is -2.24. The zero-order chi connectivity index (χ0) is 16.4. The number of nitrogens with one attached hydrogen (secondary N) is 1. The van der Waals surface area contributed by atoms with Gasteiger partial charge in [0.1, 0.15) is 5.82 Å². The molecule has 0 spiro atoms. The Morgan fingerprint density at radius 3 is 2.70 bits per heavy atom. The molecular weight excluding hydrogens is 311 g/mol. The molecule has 0 fully saturated rings. The van der Waals surface area contributed by atoms with E-state index >= 15 is 0 Å². The maximum atomic E-state index is 12.1. The van der Waals surface area contributed by atoms with Gasteiger partial charge in [0.15, 0.2) is 6.61 Å². The van der Waals surface area contributed by atoms with Crippen LogP contribution in [0.4, 0.5) is 23.8 Å². The van der Waals surface area contributed by atoms with Crippen LogP contribution in [0.2, 0.25) is 0 Å². The van der Waals surface area contributed by atoms with Crippen LogP contribution in [0.15, 0.2) is 30.3 Å². The second-order valence-corrected chi connectivity index (χ2v) is 5.19. The van der Waals surface area contributed by atoms with Gasteiger partial charge in [0.2, 0.25) is 0 Å². The molecule has 1 amide bonds. The first-order valence-electron chi connectivity index (χ1n) is 7.11. The van der Waals surface area contributed by atoms with E-state index in [4.69, 9.17) is 0 Å². The Balaban J connectivity index is 1.85.